The van der Waals surface area contributed by atoms with E-state index in [2.05, 4.69) is 10.6 Å². The van der Waals surface area contributed by atoms with Crippen LogP contribution in [0.4, 0.5) is 14.9 Å². The van der Waals surface area contributed by atoms with E-state index in [1.54, 1.807) is 0 Å². The molecule has 0 heterocycles. The van der Waals surface area contributed by atoms with Gasteiger partial charge in [-0.3, -0.25) is 4.39 Å². The number of amides is 2. The Bertz CT molecular complexity index is 451. The third kappa shape index (κ3) is 3.93. The Kier molecular flexibility index (Phi) is 4.91. The summed E-state index contributed by atoms with van der Waals surface area (Å²) in [6.07, 6.45) is 0.206. The molecule has 0 aromatic heterocycles. The van der Waals surface area contributed by atoms with Crippen molar-refractivity contribution in [2.75, 3.05) is 18.5 Å². The lowest BCUT2D eigenvalue weighted by atomic mass is 10.2. The average molecular weight is 256 g/mol. The normalized spacial score (nSPS) is 9.83. The van der Waals surface area contributed by atoms with E-state index in [9.17, 15) is 19.1 Å². The number of carbonyl (C=O) groups is 2. The third-order valence-corrected chi connectivity index (χ3v) is 2.09. The van der Waals surface area contributed by atoms with Gasteiger partial charge >= 0.3 is 12.0 Å². The molecule has 0 saturated heterocycles. The van der Waals surface area contributed by atoms with Crippen molar-refractivity contribution in [2.45, 2.75) is 6.42 Å². The molecule has 0 saturated carbocycles. The minimum Gasteiger partial charge on any atom is -0.506 e. The fourth-order valence-electron chi connectivity index (χ4n) is 1.21. The predicted octanol–water partition coefficient (Wildman–Crippen LogP) is 1.57. The zero-order valence-corrected chi connectivity index (χ0v) is 9.44. The lowest BCUT2D eigenvalue weighted by molar-refractivity contribution is 0.0696. The van der Waals surface area contributed by atoms with Crippen molar-refractivity contribution in [1.29, 1.82) is 0 Å². The van der Waals surface area contributed by atoms with Crippen LogP contribution in [0.25, 0.3) is 0 Å². The number of rotatable bonds is 5. The van der Waals surface area contributed by atoms with Crippen molar-refractivity contribution >= 4 is 17.7 Å². The van der Waals surface area contributed by atoms with Crippen LogP contribution in [-0.2, 0) is 0 Å². The molecule has 18 heavy (non-hydrogen) atoms. The molecule has 0 bridgehead atoms. The van der Waals surface area contributed by atoms with E-state index in [1.165, 1.54) is 12.1 Å². The van der Waals surface area contributed by atoms with E-state index < -0.39 is 18.7 Å². The molecule has 98 valence electrons. The molecule has 1 rings (SSSR count). The monoisotopic (exact) mass is 256 g/mol. The third-order valence-electron chi connectivity index (χ3n) is 2.09. The summed E-state index contributed by atoms with van der Waals surface area (Å²) in [6.45, 7) is -0.352. The van der Waals surface area contributed by atoms with Gasteiger partial charge in [0.25, 0.3) is 0 Å². The SMILES string of the molecule is O=C(NCCCF)Nc1ccc(C(=O)O)cc1O. The Morgan fingerprint density at radius 2 is 2.06 bits per heavy atom. The first-order chi connectivity index (χ1) is 8.54. The zero-order valence-electron chi connectivity index (χ0n) is 9.44. The van der Waals surface area contributed by atoms with Gasteiger partial charge in [-0.1, -0.05) is 0 Å². The molecule has 0 aliphatic carbocycles. The van der Waals surface area contributed by atoms with Gasteiger partial charge in [0, 0.05) is 6.54 Å². The number of aromatic hydroxyl groups is 1. The largest absolute Gasteiger partial charge is 0.506 e. The fourth-order valence-corrected chi connectivity index (χ4v) is 1.21. The number of carbonyl (C=O) groups excluding carboxylic acids is 1. The number of aromatic carboxylic acids is 1. The number of anilines is 1. The molecule has 4 N–H and O–H groups in total. The van der Waals surface area contributed by atoms with E-state index in [4.69, 9.17) is 5.11 Å². The lowest BCUT2D eigenvalue weighted by Gasteiger charge is -2.08. The van der Waals surface area contributed by atoms with Gasteiger partial charge in [0.2, 0.25) is 0 Å². The first-order valence-corrected chi connectivity index (χ1v) is 5.21. The number of hydrogen-bond acceptors (Lipinski definition) is 3. The predicted molar refractivity (Wildman–Crippen MR) is 62.7 cm³/mol. The molecule has 1 aromatic rings. The Labute approximate surface area is 102 Å². The summed E-state index contributed by atoms with van der Waals surface area (Å²) in [5.74, 6) is -1.53. The number of hydrogen-bond donors (Lipinski definition) is 4. The molecule has 0 aliphatic heterocycles. The van der Waals surface area contributed by atoms with Crippen LogP contribution in [0.5, 0.6) is 5.75 Å². The highest BCUT2D eigenvalue weighted by molar-refractivity contribution is 5.93. The molecule has 7 heteroatoms. The Hall–Kier alpha value is -2.31. The van der Waals surface area contributed by atoms with Crippen LogP contribution in [0.1, 0.15) is 16.8 Å². The van der Waals surface area contributed by atoms with Crippen molar-refractivity contribution in [1.82, 2.24) is 5.32 Å². The quantitative estimate of drug-likeness (QED) is 0.474. The average Bonchev–Trinajstić information content (AvgIpc) is 2.32. The molecule has 0 fully saturated rings. The highest BCUT2D eigenvalue weighted by Crippen LogP contribution is 2.24. The lowest BCUT2D eigenvalue weighted by Crippen LogP contribution is -2.29. The standard InChI is InChI=1S/C11H13FN2O4/c12-4-1-5-13-11(18)14-8-3-2-7(10(16)17)6-9(8)15/h2-3,6,15H,1,4-5H2,(H,16,17)(H2,13,14,18). The minimum absolute atomic E-state index is 0.0812. The second kappa shape index (κ2) is 6.43. The van der Waals surface area contributed by atoms with Gasteiger partial charge in [-0.05, 0) is 24.6 Å². The Morgan fingerprint density at radius 1 is 1.33 bits per heavy atom. The summed E-state index contributed by atoms with van der Waals surface area (Å²) in [5.41, 5.74) is -0.00589. The minimum atomic E-state index is -1.18. The first kappa shape index (κ1) is 13.8. The van der Waals surface area contributed by atoms with Gasteiger partial charge in [0.05, 0.1) is 17.9 Å². The molecule has 0 aliphatic rings. The number of phenols is 1. The van der Waals surface area contributed by atoms with E-state index >= 15 is 0 Å². The van der Waals surface area contributed by atoms with E-state index in [1.807, 2.05) is 0 Å². The van der Waals surface area contributed by atoms with Crippen LogP contribution >= 0.6 is 0 Å². The number of halogens is 1. The summed E-state index contributed by atoms with van der Waals surface area (Å²) < 4.78 is 11.8. The number of carboxylic acids is 1. The van der Waals surface area contributed by atoms with Crippen LogP contribution in [0.15, 0.2) is 18.2 Å². The number of carboxylic acid groups (broad SMARTS) is 1. The summed E-state index contributed by atoms with van der Waals surface area (Å²) in [6, 6.07) is 2.95. The molecule has 0 unspecified atom stereocenters. The van der Waals surface area contributed by atoms with Gasteiger partial charge in [0.15, 0.2) is 0 Å². The molecule has 6 nitrogen and oxygen atoms in total. The maximum Gasteiger partial charge on any atom is 0.335 e. The summed E-state index contributed by atoms with van der Waals surface area (Å²) in [7, 11) is 0. The van der Waals surface area contributed by atoms with Crippen molar-refractivity contribution in [3.05, 3.63) is 23.8 Å². The number of benzene rings is 1. The van der Waals surface area contributed by atoms with E-state index in [0.29, 0.717) is 0 Å². The van der Waals surface area contributed by atoms with Gasteiger partial charge in [-0.15, -0.1) is 0 Å². The van der Waals surface area contributed by atoms with E-state index in [0.717, 1.165) is 6.07 Å². The number of nitrogens with one attached hydrogen (secondary N) is 2. The van der Waals surface area contributed by atoms with Crippen molar-refractivity contribution in [3.8, 4) is 5.75 Å². The number of phenolic OH excluding ortho intramolecular Hbond substituents is 1. The second-order valence-corrected chi connectivity index (χ2v) is 3.46. The van der Waals surface area contributed by atoms with Crippen molar-refractivity contribution in [2.24, 2.45) is 0 Å². The van der Waals surface area contributed by atoms with Crippen molar-refractivity contribution < 1.29 is 24.2 Å². The zero-order chi connectivity index (χ0) is 13.5. The first-order valence-electron chi connectivity index (χ1n) is 5.21. The second-order valence-electron chi connectivity index (χ2n) is 3.46. The summed E-state index contributed by atoms with van der Waals surface area (Å²) in [5, 5.41) is 22.9. The molecule has 0 atom stereocenters. The van der Waals surface area contributed by atoms with Gasteiger partial charge in [-0.25, -0.2) is 9.59 Å². The van der Waals surface area contributed by atoms with Crippen molar-refractivity contribution in [3.63, 3.8) is 0 Å². The van der Waals surface area contributed by atoms with Crippen LogP contribution in [-0.4, -0.2) is 35.4 Å². The van der Waals surface area contributed by atoms with Crippen LogP contribution in [0.2, 0.25) is 0 Å². The number of urea groups is 1. The maximum atomic E-state index is 11.8. The molecule has 0 radical (unpaired) electrons. The highest BCUT2D eigenvalue weighted by atomic mass is 19.1. The van der Waals surface area contributed by atoms with Gasteiger partial charge < -0.3 is 20.8 Å². The topological polar surface area (TPSA) is 98.7 Å². The highest BCUT2D eigenvalue weighted by Gasteiger charge is 2.09. The molecular formula is C11H13FN2O4. The Balaban J connectivity index is 2.62. The van der Waals surface area contributed by atoms with Crippen LogP contribution in [0.3, 0.4) is 0 Å². The molecule has 0 spiro atoms. The van der Waals surface area contributed by atoms with E-state index in [-0.39, 0.29) is 30.0 Å². The Morgan fingerprint density at radius 3 is 2.61 bits per heavy atom. The fraction of sp³-hybridized carbons (Fsp3) is 0.273. The van der Waals surface area contributed by atoms with Gasteiger partial charge in [0.1, 0.15) is 5.75 Å². The van der Waals surface area contributed by atoms with Crippen LogP contribution < -0.4 is 10.6 Å². The van der Waals surface area contributed by atoms with Gasteiger partial charge in [-0.2, -0.15) is 0 Å². The maximum absolute atomic E-state index is 11.8. The molecule has 2 amide bonds. The number of alkyl halides is 1. The van der Waals surface area contributed by atoms with Crippen LogP contribution in [0, 0.1) is 0 Å². The smallest absolute Gasteiger partial charge is 0.335 e. The molecule has 1 aromatic carbocycles. The summed E-state index contributed by atoms with van der Waals surface area (Å²) >= 11 is 0. The summed E-state index contributed by atoms with van der Waals surface area (Å²) in [4.78, 5) is 21.9. The molecular weight excluding hydrogens is 243 g/mol.